The van der Waals surface area contributed by atoms with Gasteiger partial charge in [0.2, 0.25) is 17.7 Å². The molecule has 0 spiro atoms. The van der Waals surface area contributed by atoms with Crippen molar-refractivity contribution in [1.82, 2.24) is 21.1 Å². The third-order valence-electron chi connectivity index (χ3n) is 16.7. The van der Waals surface area contributed by atoms with E-state index in [4.69, 9.17) is 29.4 Å². The van der Waals surface area contributed by atoms with Gasteiger partial charge in [-0.05, 0) is 101 Å². The Kier molecular flexibility index (Phi) is 22.5. The number of carbonyl (C=O) groups excluding carboxylic acids is 7. The first-order chi connectivity index (χ1) is 37.9. The number of aromatic hydroxyl groups is 1. The van der Waals surface area contributed by atoms with Gasteiger partial charge in [-0.1, -0.05) is 103 Å². The van der Waals surface area contributed by atoms with Gasteiger partial charge in [0.15, 0.2) is 11.6 Å². The quantitative estimate of drug-likeness (QED) is 0.0741. The van der Waals surface area contributed by atoms with E-state index < -0.39 is 90.0 Å². The number of primary amides is 1. The number of nitrogens with zero attached hydrogens (tertiary/aromatic N) is 1. The summed E-state index contributed by atoms with van der Waals surface area (Å²) < 4.78 is 31.7. The summed E-state index contributed by atoms with van der Waals surface area (Å²) in [6, 6.07) is 3.40. The maximum absolute atomic E-state index is 14.6. The van der Waals surface area contributed by atoms with Gasteiger partial charge < -0.3 is 45.2 Å². The summed E-state index contributed by atoms with van der Waals surface area (Å²) in [5.74, 6) is -5.48. The molecule has 5 aliphatic rings. The molecule has 4 amide bonds. The first-order valence-corrected chi connectivity index (χ1v) is 29.0. The Morgan fingerprint density at radius 1 is 1.00 bits per heavy atom. The molecule has 5 aliphatic heterocycles. The second-order valence-electron chi connectivity index (χ2n) is 23.5. The highest BCUT2D eigenvalue weighted by molar-refractivity contribution is 5.98. The molecule has 6 N–H and O–H groups in total. The van der Waals surface area contributed by atoms with E-state index in [9.17, 15) is 38.7 Å². The minimum absolute atomic E-state index is 0.00390. The van der Waals surface area contributed by atoms with E-state index in [0.717, 1.165) is 5.57 Å². The van der Waals surface area contributed by atoms with Crippen LogP contribution in [0.4, 0.5) is 0 Å². The zero-order valence-electron chi connectivity index (χ0n) is 48.9. The summed E-state index contributed by atoms with van der Waals surface area (Å²) >= 11 is 0. The molecule has 18 nitrogen and oxygen atoms in total. The lowest BCUT2D eigenvalue weighted by Crippen LogP contribution is -2.63. The number of nitrogens with one attached hydrogen (secondary N) is 3. The van der Waals surface area contributed by atoms with Crippen LogP contribution >= 0.6 is 0 Å². The highest BCUT2D eigenvalue weighted by Gasteiger charge is 2.52. The maximum atomic E-state index is 14.6. The van der Waals surface area contributed by atoms with Crippen molar-refractivity contribution in [3.63, 3.8) is 0 Å². The predicted octanol–water partition coefficient (Wildman–Crippen LogP) is 7.69. The van der Waals surface area contributed by atoms with Gasteiger partial charge >= 0.3 is 11.9 Å². The van der Waals surface area contributed by atoms with Crippen molar-refractivity contribution in [2.75, 3.05) is 6.54 Å². The first-order valence-electron chi connectivity index (χ1n) is 29.0. The molecule has 0 saturated carbocycles. The monoisotopic (exact) mass is 1110 g/mol. The van der Waals surface area contributed by atoms with E-state index in [0.29, 0.717) is 81.1 Å². The highest BCUT2D eigenvalue weighted by atomic mass is 16.7. The first kappa shape index (κ1) is 63.1. The van der Waals surface area contributed by atoms with Crippen LogP contribution in [0.15, 0.2) is 83.7 Å². The van der Waals surface area contributed by atoms with Gasteiger partial charge in [-0.3, -0.25) is 38.6 Å². The summed E-state index contributed by atoms with van der Waals surface area (Å²) in [7, 11) is 0. The minimum Gasteiger partial charge on any atom is -0.508 e. The second kappa shape index (κ2) is 28.5. The Hall–Kier alpha value is -6.11. The van der Waals surface area contributed by atoms with Crippen molar-refractivity contribution in [2.24, 2.45) is 47.2 Å². The van der Waals surface area contributed by atoms with Crippen molar-refractivity contribution in [1.29, 1.82) is 0 Å². The number of esters is 2. The standard InChI is InChI=1S/C62H89N5O13/c1-12-44(57(63)71)31-38(6)55-41(9)54(70)39(7)52(77-55)34-51(76-42(10)68)37(5)22-16-13-15-21-36(4)49-26-17-14-18-27-50-40(8)56-46(28-29-62(11,79-50)80-56)58(72)65-53(35(2)3)59(73)64-48(33-43-23-19-24-45(69)32-43)60(74)67-30-20-25-47(66-67)61(75)78-49/h13-15,17-19,21,23-24,27,32,35,37-40,44,46-53,56,66,69H,12,16,20,22,25-26,28-31,33-34H2,1-11H3,(H2,63,71)(H,64,73)(H,65,72)/b15-13+,17-14+,27-18+,36-21+/t37-,38-,39-,40-,44-,46+,47-,48-,49+,50-,51-,52-,53+,56+,62+/m0/s1. The van der Waals surface area contributed by atoms with Crippen LogP contribution in [0.3, 0.4) is 0 Å². The number of hydrogen-bond acceptors (Lipinski definition) is 14. The van der Waals surface area contributed by atoms with Crippen LogP contribution in [0.2, 0.25) is 0 Å². The molecule has 80 heavy (non-hydrogen) atoms. The summed E-state index contributed by atoms with van der Waals surface area (Å²) in [6.07, 6.45) is 15.4. The number of fused-ring (bicyclic) bond motifs is 4. The number of cyclic esters (lactones) is 1. The number of amides is 4. The lowest BCUT2D eigenvalue weighted by Gasteiger charge is -2.51. The number of Topliss-reactive ketones (excluding diaryl/α,β-unsaturated/α-hetero) is 1. The third kappa shape index (κ3) is 16.5. The molecule has 18 heteroatoms. The smallest absolute Gasteiger partial charge is 0.325 e. The molecule has 0 unspecified atom stereocenters. The summed E-state index contributed by atoms with van der Waals surface area (Å²) in [5, 5.41) is 17.6. The molecule has 5 bridgehead atoms. The average Bonchev–Trinajstić information content (AvgIpc) is 3.55. The van der Waals surface area contributed by atoms with E-state index >= 15 is 0 Å². The number of ketones is 1. The van der Waals surface area contributed by atoms with Crippen LogP contribution in [0, 0.1) is 41.4 Å². The lowest BCUT2D eigenvalue weighted by molar-refractivity contribution is -0.344. The molecule has 15 atom stereocenters. The number of hydrogen-bond donors (Lipinski definition) is 5. The Bertz CT molecular complexity index is 2550. The van der Waals surface area contributed by atoms with Crippen molar-refractivity contribution < 1.29 is 62.4 Å². The van der Waals surface area contributed by atoms with E-state index in [-0.39, 0.29) is 65.9 Å². The molecular weight excluding hydrogens is 1020 g/mol. The largest absolute Gasteiger partial charge is 0.508 e. The molecule has 0 aliphatic carbocycles. The number of benzene rings is 1. The van der Waals surface area contributed by atoms with Crippen LogP contribution in [0.25, 0.3) is 0 Å². The van der Waals surface area contributed by atoms with Crippen molar-refractivity contribution >= 4 is 41.4 Å². The third-order valence-corrected chi connectivity index (χ3v) is 16.7. The number of carbonyl (C=O) groups is 7. The van der Waals surface area contributed by atoms with E-state index in [1.807, 2.05) is 105 Å². The number of hydrazine groups is 1. The molecule has 3 fully saturated rings. The summed E-state index contributed by atoms with van der Waals surface area (Å²) in [6.45, 7) is 20.4. The van der Waals surface area contributed by atoms with Crippen LogP contribution < -0.4 is 21.8 Å². The van der Waals surface area contributed by atoms with Crippen molar-refractivity contribution in [2.45, 2.75) is 201 Å². The average molecular weight is 1110 g/mol. The van der Waals surface area contributed by atoms with Crippen LogP contribution in [0.5, 0.6) is 5.75 Å². The number of allylic oxidation sites excluding steroid dienone is 7. The number of nitrogens with two attached hydrogens (primary N) is 1. The lowest BCUT2D eigenvalue weighted by atomic mass is 9.79. The number of rotatable bonds is 17. The number of ether oxygens (including phenoxy) is 5. The molecule has 0 aromatic heterocycles. The van der Waals surface area contributed by atoms with Gasteiger partial charge in [0.25, 0.3) is 5.91 Å². The molecule has 0 radical (unpaired) electrons. The van der Waals surface area contributed by atoms with Crippen LogP contribution in [-0.4, -0.2) is 112 Å². The SMILES string of the molecule is CC[C@@H](C[C@H](C)C1=C(C)C(=O)[C@@H](C)[C@H](C[C@H](OC(C)=O)[C@@H](C)CC/C=C/C=C(\C)[C@H]2C/C=C/C=C/[C@@H]3O[C@@]4(C)CC[C@@H](C(=O)N[C@H](C(C)C)C(=O)N[C@@H](Cc5cccc(O)c5)C(=O)N5CCC[C@H](N5)C(=O)O2)[C@H](O4)[C@H]3C)O1)C(N)=O. The molecule has 1 aromatic rings. The zero-order chi connectivity index (χ0) is 58.6. The van der Waals surface area contributed by atoms with Gasteiger partial charge in [0.05, 0.1) is 24.0 Å². The number of phenolic OH excluding ortho intramolecular Hbond substituents is 1. The van der Waals surface area contributed by atoms with Crippen LogP contribution in [-0.2, 0) is 63.7 Å². The molecule has 5 heterocycles. The Morgan fingerprint density at radius 3 is 2.44 bits per heavy atom. The molecule has 1 aromatic carbocycles. The highest BCUT2D eigenvalue weighted by Crippen LogP contribution is 2.44. The number of phenols is 1. The van der Waals surface area contributed by atoms with Gasteiger partial charge in [0.1, 0.15) is 47.9 Å². The second-order valence-corrected chi connectivity index (χ2v) is 23.5. The zero-order valence-corrected chi connectivity index (χ0v) is 48.9. The van der Waals surface area contributed by atoms with Gasteiger partial charge in [-0.2, -0.15) is 0 Å². The van der Waals surface area contributed by atoms with E-state index in [2.05, 4.69) is 16.1 Å². The molecule has 3 saturated heterocycles. The normalized spacial score (nSPS) is 31.6. The van der Waals surface area contributed by atoms with E-state index in [1.165, 1.54) is 24.1 Å². The Labute approximate surface area is 473 Å². The Morgan fingerprint density at radius 2 is 1.75 bits per heavy atom. The predicted molar refractivity (Wildman–Crippen MR) is 301 cm³/mol. The molecule has 440 valence electrons. The van der Waals surface area contributed by atoms with Crippen molar-refractivity contribution in [3.05, 3.63) is 89.3 Å². The van der Waals surface area contributed by atoms with Crippen LogP contribution in [0.1, 0.15) is 146 Å². The molecular formula is C62H89N5O13. The minimum atomic E-state index is -1.14. The maximum Gasteiger partial charge on any atom is 0.325 e. The van der Waals surface area contributed by atoms with Gasteiger partial charge in [-0.25, -0.2) is 5.43 Å². The summed E-state index contributed by atoms with van der Waals surface area (Å²) in [5.41, 5.74) is 10.6. The molecule has 6 rings (SSSR count). The fourth-order valence-corrected chi connectivity index (χ4v) is 11.7. The summed E-state index contributed by atoms with van der Waals surface area (Å²) in [4.78, 5) is 95.5. The van der Waals surface area contributed by atoms with E-state index in [1.54, 1.807) is 19.1 Å². The Balaban J connectivity index is 1.21. The topological polar surface area (TPSA) is 251 Å². The van der Waals surface area contributed by atoms with Crippen molar-refractivity contribution in [3.8, 4) is 5.75 Å². The fourth-order valence-electron chi connectivity index (χ4n) is 11.7. The van der Waals surface area contributed by atoms with Gasteiger partial charge in [-0.15, -0.1) is 0 Å². The van der Waals surface area contributed by atoms with Gasteiger partial charge in [0, 0.05) is 62.5 Å². The fraction of sp³-hybridized carbons (Fsp3) is 0.629.